The smallest absolute Gasteiger partial charge is 0.421 e. The maximum Gasteiger partial charge on any atom is 0.421 e. The van der Waals surface area contributed by atoms with E-state index in [1.807, 2.05) is 37.3 Å². The standard InChI is InChI=1S/C26H33N3O2S/c1-3-31-26(30)29-24(27-20-22-12-8-7-9-13-22)14-10-5-4-6-11-19-28(25(29)32)23-17-15-21(2)16-18-23/h7-9,12-13,15-18H,3-6,10-11,14,19-20H2,1-2H3/b27-24-. The van der Waals surface area contributed by atoms with E-state index in [2.05, 4.69) is 36.1 Å². The second-order valence-electron chi connectivity index (χ2n) is 8.04. The summed E-state index contributed by atoms with van der Waals surface area (Å²) in [6.45, 7) is 5.41. The van der Waals surface area contributed by atoms with Crippen LogP contribution in [0.2, 0.25) is 0 Å². The average molecular weight is 452 g/mol. The van der Waals surface area contributed by atoms with Gasteiger partial charge >= 0.3 is 6.09 Å². The Morgan fingerprint density at radius 2 is 1.69 bits per heavy atom. The number of rotatable bonds is 4. The van der Waals surface area contributed by atoms with Gasteiger partial charge in [0.2, 0.25) is 0 Å². The molecule has 0 saturated carbocycles. The van der Waals surface area contributed by atoms with Gasteiger partial charge in [-0.25, -0.2) is 9.69 Å². The van der Waals surface area contributed by atoms with Crippen LogP contribution in [0.1, 0.15) is 56.6 Å². The molecule has 1 saturated heterocycles. The molecule has 0 bridgehead atoms. The van der Waals surface area contributed by atoms with Gasteiger partial charge in [0.15, 0.2) is 5.11 Å². The second-order valence-corrected chi connectivity index (χ2v) is 8.41. The zero-order valence-corrected chi connectivity index (χ0v) is 19.9. The zero-order chi connectivity index (χ0) is 22.8. The Kier molecular flexibility index (Phi) is 9.23. The molecule has 32 heavy (non-hydrogen) atoms. The molecule has 0 aromatic heterocycles. The highest BCUT2D eigenvalue weighted by molar-refractivity contribution is 7.80. The molecule has 0 N–H and O–H groups in total. The van der Waals surface area contributed by atoms with Gasteiger partial charge in [0.05, 0.1) is 13.2 Å². The number of hydrogen-bond acceptors (Lipinski definition) is 4. The van der Waals surface area contributed by atoms with Crippen molar-refractivity contribution in [3.63, 3.8) is 0 Å². The van der Waals surface area contributed by atoms with Crippen LogP contribution in [0.4, 0.5) is 10.5 Å². The van der Waals surface area contributed by atoms with Gasteiger partial charge in [-0.3, -0.25) is 4.99 Å². The minimum Gasteiger partial charge on any atom is -0.449 e. The van der Waals surface area contributed by atoms with E-state index in [-0.39, 0.29) is 6.61 Å². The van der Waals surface area contributed by atoms with Crippen LogP contribution in [0.15, 0.2) is 59.6 Å². The zero-order valence-electron chi connectivity index (χ0n) is 19.1. The predicted molar refractivity (Wildman–Crippen MR) is 135 cm³/mol. The molecule has 3 rings (SSSR count). The number of aryl methyl sites for hydroxylation is 1. The number of amidine groups is 1. The summed E-state index contributed by atoms with van der Waals surface area (Å²) in [6.07, 6.45) is 5.63. The number of aliphatic imine (C=N–C) groups is 1. The minimum absolute atomic E-state index is 0.286. The van der Waals surface area contributed by atoms with Gasteiger partial charge in [0.25, 0.3) is 0 Å². The molecule has 0 unspecified atom stereocenters. The molecule has 1 aliphatic heterocycles. The number of anilines is 1. The van der Waals surface area contributed by atoms with Gasteiger partial charge in [0, 0.05) is 18.7 Å². The van der Waals surface area contributed by atoms with Crippen LogP contribution in [-0.4, -0.2) is 35.1 Å². The first kappa shape index (κ1) is 23.9. The predicted octanol–water partition coefficient (Wildman–Crippen LogP) is 6.50. The summed E-state index contributed by atoms with van der Waals surface area (Å²) >= 11 is 5.93. The number of carbonyl (C=O) groups is 1. The molecule has 5 nitrogen and oxygen atoms in total. The average Bonchev–Trinajstić information content (AvgIpc) is 2.83. The third-order valence-electron chi connectivity index (χ3n) is 5.55. The first-order valence-electron chi connectivity index (χ1n) is 11.5. The van der Waals surface area contributed by atoms with Crippen LogP contribution in [0.3, 0.4) is 0 Å². The summed E-state index contributed by atoms with van der Waals surface area (Å²) < 4.78 is 5.43. The molecular weight excluding hydrogens is 418 g/mol. The van der Waals surface area contributed by atoms with Crippen LogP contribution >= 0.6 is 12.2 Å². The van der Waals surface area contributed by atoms with Gasteiger partial charge in [-0.1, -0.05) is 67.3 Å². The van der Waals surface area contributed by atoms with E-state index in [0.29, 0.717) is 23.9 Å². The van der Waals surface area contributed by atoms with Gasteiger partial charge in [0.1, 0.15) is 5.84 Å². The molecule has 1 amide bonds. The molecule has 0 radical (unpaired) electrons. The van der Waals surface area contributed by atoms with Crippen LogP contribution in [0.25, 0.3) is 0 Å². The number of benzene rings is 2. The third-order valence-corrected chi connectivity index (χ3v) is 5.95. The number of nitrogens with zero attached hydrogens (tertiary/aromatic N) is 3. The van der Waals surface area contributed by atoms with Gasteiger partial charge in [-0.15, -0.1) is 0 Å². The molecule has 0 aliphatic carbocycles. The molecule has 1 heterocycles. The summed E-state index contributed by atoms with van der Waals surface area (Å²) in [6, 6.07) is 18.3. The fourth-order valence-electron chi connectivity index (χ4n) is 3.77. The first-order chi connectivity index (χ1) is 15.6. The molecule has 0 atom stereocenters. The molecule has 0 spiro atoms. The number of hydrogen-bond donors (Lipinski definition) is 0. The molecular formula is C26H33N3O2S. The summed E-state index contributed by atoms with van der Waals surface area (Å²) in [5, 5.41) is 0.431. The fraction of sp³-hybridized carbons (Fsp3) is 0.423. The topological polar surface area (TPSA) is 45.1 Å². The first-order valence-corrected chi connectivity index (χ1v) is 11.9. The van der Waals surface area contributed by atoms with Crippen molar-refractivity contribution in [2.75, 3.05) is 18.1 Å². The minimum atomic E-state index is -0.458. The summed E-state index contributed by atoms with van der Waals surface area (Å²) in [7, 11) is 0. The highest BCUT2D eigenvalue weighted by atomic mass is 32.1. The van der Waals surface area contributed by atoms with Gasteiger partial charge in [-0.2, -0.15) is 0 Å². The van der Waals surface area contributed by atoms with E-state index < -0.39 is 6.09 Å². The fourth-order valence-corrected chi connectivity index (χ4v) is 4.15. The van der Waals surface area contributed by atoms with Crippen LogP contribution in [0, 0.1) is 6.92 Å². The molecule has 1 aliphatic rings. The van der Waals surface area contributed by atoms with Crippen molar-refractivity contribution in [2.24, 2.45) is 4.99 Å². The van der Waals surface area contributed by atoms with Crippen LogP contribution in [0.5, 0.6) is 0 Å². The quantitative estimate of drug-likeness (QED) is 0.498. The largest absolute Gasteiger partial charge is 0.449 e. The molecule has 170 valence electrons. The normalized spacial score (nSPS) is 17.2. The Morgan fingerprint density at radius 3 is 2.41 bits per heavy atom. The van der Waals surface area contributed by atoms with Crippen molar-refractivity contribution in [1.82, 2.24) is 4.90 Å². The maximum absolute atomic E-state index is 13.1. The Balaban J connectivity index is 1.99. The summed E-state index contributed by atoms with van der Waals surface area (Å²) in [5.74, 6) is 0.677. The third kappa shape index (κ3) is 6.63. The molecule has 2 aromatic rings. The number of carbonyl (C=O) groups excluding carboxylic acids is 1. The monoisotopic (exact) mass is 451 g/mol. The van der Waals surface area contributed by atoms with Crippen molar-refractivity contribution < 1.29 is 9.53 Å². The Bertz CT molecular complexity index is 912. The van der Waals surface area contributed by atoms with E-state index in [0.717, 1.165) is 43.5 Å². The number of amides is 1. The van der Waals surface area contributed by atoms with E-state index in [1.54, 1.807) is 0 Å². The molecule has 6 heteroatoms. The lowest BCUT2D eigenvalue weighted by molar-refractivity contribution is 0.140. The van der Waals surface area contributed by atoms with Crippen molar-refractivity contribution in [3.8, 4) is 0 Å². The Labute approximate surface area is 197 Å². The Morgan fingerprint density at radius 1 is 1.00 bits per heavy atom. The SMILES string of the molecule is CCOC(=O)N1C(=S)N(c2ccc(C)cc2)CCCCCCC/C1=N/Cc1ccccc1. The highest BCUT2D eigenvalue weighted by Gasteiger charge is 2.29. The van der Waals surface area contributed by atoms with Crippen molar-refractivity contribution >= 4 is 34.9 Å². The van der Waals surface area contributed by atoms with Crippen molar-refractivity contribution in [1.29, 1.82) is 0 Å². The van der Waals surface area contributed by atoms with E-state index >= 15 is 0 Å². The molecule has 2 aromatic carbocycles. The van der Waals surface area contributed by atoms with Gasteiger partial charge in [-0.05, 0) is 56.6 Å². The number of thiocarbonyl (C=S) groups is 1. The van der Waals surface area contributed by atoms with E-state index in [1.165, 1.54) is 16.9 Å². The summed E-state index contributed by atoms with van der Waals surface area (Å²) in [5.41, 5.74) is 3.26. The van der Waals surface area contributed by atoms with Gasteiger partial charge < -0.3 is 9.64 Å². The lowest BCUT2D eigenvalue weighted by atomic mass is 10.1. The summed E-state index contributed by atoms with van der Waals surface area (Å²) in [4.78, 5) is 21.6. The maximum atomic E-state index is 13.1. The highest BCUT2D eigenvalue weighted by Crippen LogP contribution is 2.22. The lowest BCUT2D eigenvalue weighted by Crippen LogP contribution is -2.50. The van der Waals surface area contributed by atoms with Crippen molar-refractivity contribution in [2.45, 2.75) is 58.9 Å². The van der Waals surface area contributed by atoms with Crippen molar-refractivity contribution in [3.05, 3.63) is 65.7 Å². The van der Waals surface area contributed by atoms with Crippen LogP contribution < -0.4 is 4.90 Å². The van der Waals surface area contributed by atoms with E-state index in [4.69, 9.17) is 21.9 Å². The lowest BCUT2D eigenvalue weighted by Gasteiger charge is -2.32. The van der Waals surface area contributed by atoms with E-state index in [9.17, 15) is 4.79 Å². The van der Waals surface area contributed by atoms with Crippen LogP contribution in [-0.2, 0) is 11.3 Å². The second kappa shape index (κ2) is 12.3. The molecule has 1 fully saturated rings. The Hall–Kier alpha value is -2.73. The number of ether oxygens (including phenoxy) is 1.